The quantitative estimate of drug-likeness (QED) is 0.712. The van der Waals surface area contributed by atoms with E-state index in [1.54, 1.807) is 12.1 Å². The smallest absolute Gasteiger partial charge is 0.219 e. The number of alkyl halides is 1. The summed E-state index contributed by atoms with van der Waals surface area (Å²) in [6.07, 6.45) is 1.42. The highest BCUT2D eigenvalue weighted by molar-refractivity contribution is 9.10. The molecule has 0 fully saturated rings. The zero-order valence-electron chi connectivity index (χ0n) is 8.96. The van der Waals surface area contributed by atoms with Gasteiger partial charge in [0.25, 0.3) is 0 Å². The molecule has 2 rings (SSSR count). The lowest BCUT2D eigenvalue weighted by Gasteiger charge is -2.08. The molecule has 2 nitrogen and oxygen atoms in total. The molecule has 0 aliphatic heterocycles. The number of rotatable bonds is 3. The molecule has 2 aromatic rings. The van der Waals surface area contributed by atoms with Gasteiger partial charge in [-0.1, -0.05) is 27.5 Å². The lowest BCUT2D eigenvalue weighted by molar-refractivity contribution is 0.427. The van der Waals surface area contributed by atoms with E-state index < -0.39 is 5.82 Å². The summed E-state index contributed by atoms with van der Waals surface area (Å²) in [6.45, 7) is 0. The van der Waals surface area contributed by atoms with Crippen molar-refractivity contribution in [1.29, 1.82) is 0 Å². The van der Waals surface area contributed by atoms with Crippen LogP contribution in [0.25, 0.3) is 0 Å². The fraction of sp³-hybridized carbons (Fsp3) is 0.0833. The van der Waals surface area contributed by atoms with Gasteiger partial charge in [0.15, 0.2) is 11.6 Å². The Morgan fingerprint density at radius 1 is 1.33 bits per heavy atom. The predicted molar refractivity (Wildman–Crippen MR) is 73.0 cm³/mol. The second-order valence-electron chi connectivity index (χ2n) is 3.42. The molecular formula is C12H7BrCl2FNO. The van der Waals surface area contributed by atoms with E-state index in [1.807, 2.05) is 0 Å². The molecule has 0 unspecified atom stereocenters. The van der Waals surface area contributed by atoms with Crippen LogP contribution in [0.2, 0.25) is 5.02 Å². The summed E-state index contributed by atoms with van der Waals surface area (Å²) in [6, 6.07) is 5.99. The van der Waals surface area contributed by atoms with Gasteiger partial charge in [-0.3, -0.25) is 0 Å². The zero-order valence-corrected chi connectivity index (χ0v) is 12.1. The van der Waals surface area contributed by atoms with Gasteiger partial charge in [-0.05, 0) is 23.8 Å². The molecule has 1 aromatic heterocycles. The fourth-order valence-electron chi connectivity index (χ4n) is 1.28. The molecule has 0 saturated carbocycles. The van der Waals surface area contributed by atoms with Crippen molar-refractivity contribution in [1.82, 2.24) is 4.98 Å². The number of benzene rings is 1. The fourth-order valence-corrected chi connectivity index (χ4v) is 2.08. The molecule has 0 bridgehead atoms. The SMILES string of the molecule is Fc1ccc(Br)cc1Oc1cc(CCl)c(Cl)cn1. The standard InChI is InChI=1S/C12H7BrCl2FNO/c13-8-1-2-10(16)11(4-8)18-12-3-7(5-14)9(15)6-17-12/h1-4,6H,5H2. The number of ether oxygens (including phenoxy) is 1. The van der Waals surface area contributed by atoms with E-state index in [1.165, 1.54) is 18.3 Å². The van der Waals surface area contributed by atoms with Gasteiger partial charge >= 0.3 is 0 Å². The summed E-state index contributed by atoms with van der Waals surface area (Å²) >= 11 is 14.8. The van der Waals surface area contributed by atoms with E-state index in [2.05, 4.69) is 20.9 Å². The Morgan fingerprint density at radius 3 is 2.83 bits per heavy atom. The van der Waals surface area contributed by atoms with Crippen molar-refractivity contribution in [2.24, 2.45) is 0 Å². The molecule has 1 heterocycles. The van der Waals surface area contributed by atoms with Crippen molar-refractivity contribution < 1.29 is 9.13 Å². The molecule has 0 aliphatic carbocycles. The van der Waals surface area contributed by atoms with Crippen LogP contribution in [0.4, 0.5) is 4.39 Å². The molecular weight excluding hydrogens is 344 g/mol. The van der Waals surface area contributed by atoms with E-state index >= 15 is 0 Å². The monoisotopic (exact) mass is 349 g/mol. The summed E-state index contributed by atoms with van der Waals surface area (Å²) < 4.78 is 19.6. The van der Waals surface area contributed by atoms with Gasteiger partial charge in [0, 0.05) is 22.6 Å². The molecule has 18 heavy (non-hydrogen) atoms. The van der Waals surface area contributed by atoms with Crippen molar-refractivity contribution in [2.45, 2.75) is 5.88 Å². The molecule has 0 spiro atoms. The second kappa shape index (κ2) is 5.87. The number of halogens is 4. The molecule has 0 atom stereocenters. The topological polar surface area (TPSA) is 22.1 Å². The Kier molecular flexibility index (Phi) is 4.43. The van der Waals surface area contributed by atoms with E-state index in [0.29, 0.717) is 15.1 Å². The van der Waals surface area contributed by atoms with Crippen LogP contribution in [0.5, 0.6) is 11.6 Å². The van der Waals surface area contributed by atoms with Gasteiger partial charge in [-0.25, -0.2) is 9.37 Å². The largest absolute Gasteiger partial charge is 0.436 e. The van der Waals surface area contributed by atoms with Gasteiger partial charge in [0.2, 0.25) is 5.88 Å². The van der Waals surface area contributed by atoms with Crippen LogP contribution in [0, 0.1) is 5.82 Å². The van der Waals surface area contributed by atoms with Gasteiger partial charge in [-0.15, -0.1) is 11.6 Å². The first-order chi connectivity index (χ1) is 8.60. The summed E-state index contributed by atoms with van der Waals surface area (Å²) in [7, 11) is 0. The van der Waals surface area contributed by atoms with Gasteiger partial charge < -0.3 is 4.74 Å². The van der Waals surface area contributed by atoms with Crippen molar-refractivity contribution in [3.8, 4) is 11.6 Å². The average Bonchev–Trinajstić information content (AvgIpc) is 2.36. The number of hydrogen-bond donors (Lipinski definition) is 0. The maximum Gasteiger partial charge on any atom is 0.219 e. The third-order valence-electron chi connectivity index (χ3n) is 2.16. The Balaban J connectivity index is 2.31. The number of hydrogen-bond acceptors (Lipinski definition) is 2. The van der Waals surface area contributed by atoms with Crippen LogP contribution in [0.1, 0.15) is 5.56 Å². The molecule has 0 amide bonds. The van der Waals surface area contributed by atoms with Crippen LogP contribution in [0.15, 0.2) is 34.9 Å². The predicted octanol–water partition coefficient (Wildman–Crippen LogP) is 5.17. The Morgan fingerprint density at radius 2 is 2.11 bits per heavy atom. The average molecular weight is 351 g/mol. The molecule has 0 saturated heterocycles. The summed E-state index contributed by atoms with van der Waals surface area (Å²) in [4.78, 5) is 3.96. The van der Waals surface area contributed by atoms with Crippen LogP contribution in [0.3, 0.4) is 0 Å². The maximum atomic E-state index is 13.5. The first-order valence-corrected chi connectivity index (χ1v) is 6.64. The van der Waals surface area contributed by atoms with Gasteiger partial charge in [0.1, 0.15) is 0 Å². The van der Waals surface area contributed by atoms with E-state index in [-0.39, 0.29) is 17.5 Å². The van der Waals surface area contributed by atoms with E-state index in [0.717, 1.165) is 0 Å². The van der Waals surface area contributed by atoms with Crippen LogP contribution < -0.4 is 4.74 Å². The lowest BCUT2D eigenvalue weighted by Crippen LogP contribution is -1.93. The summed E-state index contributed by atoms with van der Waals surface area (Å²) in [5.41, 5.74) is 0.679. The Hall–Kier alpha value is -0.840. The molecule has 6 heteroatoms. The summed E-state index contributed by atoms with van der Waals surface area (Å²) in [5, 5.41) is 0.451. The number of nitrogens with zero attached hydrogens (tertiary/aromatic N) is 1. The molecule has 1 aromatic carbocycles. The number of pyridine rings is 1. The van der Waals surface area contributed by atoms with Gasteiger partial charge in [0.05, 0.1) is 5.02 Å². The second-order valence-corrected chi connectivity index (χ2v) is 5.01. The van der Waals surface area contributed by atoms with Crippen LogP contribution in [-0.2, 0) is 5.88 Å². The van der Waals surface area contributed by atoms with Crippen LogP contribution in [-0.4, -0.2) is 4.98 Å². The highest BCUT2D eigenvalue weighted by Crippen LogP contribution is 2.28. The third-order valence-corrected chi connectivity index (χ3v) is 3.28. The van der Waals surface area contributed by atoms with Crippen molar-refractivity contribution in [3.63, 3.8) is 0 Å². The highest BCUT2D eigenvalue weighted by atomic mass is 79.9. The molecule has 0 aliphatic rings. The van der Waals surface area contributed by atoms with Crippen molar-refractivity contribution >= 4 is 39.1 Å². The number of aromatic nitrogens is 1. The van der Waals surface area contributed by atoms with E-state index in [9.17, 15) is 4.39 Å². The zero-order chi connectivity index (χ0) is 13.1. The van der Waals surface area contributed by atoms with Crippen molar-refractivity contribution in [3.05, 3.63) is 51.3 Å². The lowest BCUT2D eigenvalue weighted by atomic mass is 10.3. The highest BCUT2D eigenvalue weighted by Gasteiger charge is 2.08. The minimum absolute atomic E-state index is 0.0831. The minimum Gasteiger partial charge on any atom is -0.436 e. The summed E-state index contributed by atoms with van der Waals surface area (Å²) in [5.74, 6) is 0.0905. The van der Waals surface area contributed by atoms with Crippen molar-refractivity contribution in [2.75, 3.05) is 0 Å². The third kappa shape index (κ3) is 3.13. The molecule has 0 N–H and O–H groups in total. The van der Waals surface area contributed by atoms with Gasteiger partial charge in [-0.2, -0.15) is 0 Å². The Labute approximate surface area is 122 Å². The van der Waals surface area contributed by atoms with E-state index in [4.69, 9.17) is 27.9 Å². The Bertz CT molecular complexity index is 580. The van der Waals surface area contributed by atoms with Crippen LogP contribution >= 0.6 is 39.1 Å². The minimum atomic E-state index is -0.470. The molecule has 0 radical (unpaired) electrons. The molecule has 94 valence electrons. The first-order valence-electron chi connectivity index (χ1n) is 4.93. The normalized spacial score (nSPS) is 10.4. The first kappa shape index (κ1) is 13.6. The maximum absolute atomic E-state index is 13.5.